The lowest BCUT2D eigenvalue weighted by Gasteiger charge is -2.30. The van der Waals surface area contributed by atoms with Gasteiger partial charge in [-0.1, -0.05) is 37.3 Å². The molecule has 1 amide bonds. The van der Waals surface area contributed by atoms with Crippen molar-refractivity contribution < 1.29 is 4.79 Å². The lowest BCUT2D eigenvalue weighted by molar-refractivity contribution is 0.0676. The molecule has 0 spiro atoms. The van der Waals surface area contributed by atoms with Crippen LogP contribution in [0.4, 0.5) is 0 Å². The van der Waals surface area contributed by atoms with Crippen molar-refractivity contribution in [2.45, 2.75) is 19.8 Å². The van der Waals surface area contributed by atoms with Crippen molar-refractivity contribution in [1.82, 2.24) is 14.3 Å². The van der Waals surface area contributed by atoms with E-state index in [1.807, 2.05) is 51.2 Å². The Bertz CT molecular complexity index is 836. The topological polar surface area (TPSA) is 37.6 Å². The van der Waals surface area contributed by atoms with Crippen molar-refractivity contribution in [3.05, 3.63) is 47.6 Å². The first-order valence-corrected chi connectivity index (χ1v) is 8.91. The maximum Gasteiger partial charge on any atom is 0.271 e. The van der Waals surface area contributed by atoms with Gasteiger partial charge in [0.15, 0.2) is 4.96 Å². The van der Waals surface area contributed by atoms with Gasteiger partial charge in [0.25, 0.3) is 5.91 Å². The van der Waals surface area contributed by atoms with Gasteiger partial charge in [0.2, 0.25) is 0 Å². The van der Waals surface area contributed by atoms with Gasteiger partial charge in [-0.3, -0.25) is 9.20 Å². The lowest BCUT2D eigenvalue weighted by atomic mass is 10.0. The number of benzene rings is 1. The van der Waals surface area contributed by atoms with E-state index in [1.54, 1.807) is 0 Å². The zero-order valence-corrected chi connectivity index (χ0v) is 13.9. The molecule has 1 atom stereocenters. The quantitative estimate of drug-likeness (QED) is 0.716. The van der Waals surface area contributed by atoms with Crippen molar-refractivity contribution in [2.75, 3.05) is 13.1 Å². The number of aromatic nitrogens is 2. The third kappa shape index (κ3) is 2.65. The van der Waals surface area contributed by atoms with Gasteiger partial charge in [0, 0.05) is 30.2 Å². The van der Waals surface area contributed by atoms with Crippen molar-refractivity contribution in [3.8, 4) is 11.3 Å². The third-order valence-corrected chi connectivity index (χ3v) is 5.28. The highest BCUT2D eigenvalue weighted by Crippen LogP contribution is 2.25. The molecule has 0 aliphatic carbocycles. The van der Waals surface area contributed by atoms with Gasteiger partial charge in [-0.2, -0.15) is 0 Å². The molecule has 118 valence electrons. The summed E-state index contributed by atoms with van der Waals surface area (Å²) in [6, 6.07) is 10.1. The summed E-state index contributed by atoms with van der Waals surface area (Å²) in [5.74, 6) is 0.712. The van der Waals surface area contributed by atoms with Crippen LogP contribution in [0.3, 0.4) is 0 Å². The molecule has 5 heteroatoms. The molecule has 4 nitrogen and oxygen atoms in total. The fraction of sp³-hybridized carbons (Fsp3) is 0.333. The van der Waals surface area contributed by atoms with Gasteiger partial charge < -0.3 is 4.90 Å². The average Bonchev–Trinajstić information content (AvgIpc) is 3.15. The number of rotatable bonds is 2. The van der Waals surface area contributed by atoms with E-state index in [4.69, 9.17) is 0 Å². The van der Waals surface area contributed by atoms with Crippen LogP contribution in [0.15, 0.2) is 41.9 Å². The van der Waals surface area contributed by atoms with Gasteiger partial charge in [-0.15, -0.1) is 11.3 Å². The van der Waals surface area contributed by atoms with Crippen molar-refractivity contribution in [3.63, 3.8) is 0 Å². The molecule has 2 aromatic heterocycles. The second-order valence-corrected chi connectivity index (χ2v) is 7.10. The van der Waals surface area contributed by atoms with E-state index < -0.39 is 0 Å². The number of hydrogen-bond donors (Lipinski definition) is 0. The fourth-order valence-corrected chi connectivity index (χ4v) is 4.07. The molecular weight excluding hydrogens is 306 g/mol. The highest BCUT2D eigenvalue weighted by molar-refractivity contribution is 7.15. The van der Waals surface area contributed by atoms with E-state index in [0.29, 0.717) is 5.92 Å². The summed E-state index contributed by atoms with van der Waals surface area (Å²) in [5, 5.41) is 1.93. The number of imidazole rings is 1. The Labute approximate surface area is 139 Å². The summed E-state index contributed by atoms with van der Waals surface area (Å²) in [4.78, 5) is 20.4. The molecular formula is C18H19N3OS. The first kappa shape index (κ1) is 14.5. The Hall–Kier alpha value is -2.14. The summed E-state index contributed by atoms with van der Waals surface area (Å²) in [6.07, 6.45) is 4.28. The first-order valence-electron chi connectivity index (χ1n) is 8.03. The van der Waals surface area contributed by atoms with E-state index in [1.165, 1.54) is 17.8 Å². The minimum Gasteiger partial charge on any atom is -0.337 e. The molecule has 0 saturated carbocycles. The molecule has 23 heavy (non-hydrogen) atoms. The van der Waals surface area contributed by atoms with Crippen LogP contribution < -0.4 is 0 Å². The monoisotopic (exact) mass is 325 g/mol. The molecule has 1 saturated heterocycles. The zero-order chi connectivity index (χ0) is 15.8. The zero-order valence-electron chi connectivity index (χ0n) is 13.1. The summed E-state index contributed by atoms with van der Waals surface area (Å²) in [5.41, 5.74) is 2.72. The van der Waals surface area contributed by atoms with Crippen LogP contribution in [-0.2, 0) is 0 Å². The number of likely N-dealkylation sites (tertiary alicyclic amines) is 1. The Balaban J connectivity index is 1.68. The molecule has 4 rings (SSSR count). The molecule has 0 bridgehead atoms. The largest absolute Gasteiger partial charge is 0.337 e. The summed E-state index contributed by atoms with van der Waals surface area (Å²) in [7, 11) is 0. The summed E-state index contributed by atoms with van der Waals surface area (Å²) < 4.78 is 1.94. The molecule has 1 aliphatic heterocycles. The van der Waals surface area contributed by atoms with Crippen LogP contribution in [0.1, 0.15) is 30.3 Å². The Morgan fingerprint density at radius 2 is 2.13 bits per heavy atom. The minimum atomic E-state index is 0.125. The Kier molecular flexibility index (Phi) is 3.65. The average molecular weight is 325 g/mol. The Morgan fingerprint density at radius 1 is 1.30 bits per heavy atom. The lowest BCUT2D eigenvalue weighted by Crippen LogP contribution is -2.39. The van der Waals surface area contributed by atoms with Gasteiger partial charge in [0.1, 0.15) is 5.69 Å². The van der Waals surface area contributed by atoms with Crippen LogP contribution in [0.25, 0.3) is 16.2 Å². The molecule has 3 aromatic rings. The number of hydrogen-bond acceptors (Lipinski definition) is 3. The van der Waals surface area contributed by atoms with Gasteiger partial charge in [-0.25, -0.2) is 4.98 Å². The highest BCUT2D eigenvalue weighted by Gasteiger charge is 2.24. The SMILES string of the molecule is CC1CCCN(C(=O)c2csc3nc(-c4ccccc4)cn23)C1. The number of nitrogens with zero attached hydrogens (tertiary/aromatic N) is 3. The third-order valence-electron chi connectivity index (χ3n) is 4.44. The van der Waals surface area contributed by atoms with Crippen LogP contribution in [-0.4, -0.2) is 33.3 Å². The molecule has 0 N–H and O–H groups in total. The van der Waals surface area contributed by atoms with E-state index >= 15 is 0 Å². The maximum absolute atomic E-state index is 12.9. The number of piperidine rings is 1. The predicted octanol–water partition coefficient (Wildman–Crippen LogP) is 3.93. The number of fused-ring (bicyclic) bond motifs is 1. The van der Waals surface area contributed by atoms with Gasteiger partial charge in [0.05, 0.1) is 5.69 Å². The standard InChI is InChI=1S/C18H19N3OS/c1-13-6-5-9-20(10-13)17(22)16-12-23-18-19-15(11-21(16)18)14-7-3-2-4-8-14/h2-4,7-8,11-13H,5-6,9-10H2,1H3. The van der Waals surface area contributed by atoms with Crippen LogP contribution in [0.2, 0.25) is 0 Å². The molecule has 1 aliphatic rings. The first-order chi connectivity index (χ1) is 11.2. The van der Waals surface area contributed by atoms with Crippen LogP contribution in [0.5, 0.6) is 0 Å². The summed E-state index contributed by atoms with van der Waals surface area (Å²) >= 11 is 1.53. The number of amides is 1. The Morgan fingerprint density at radius 3 is 2.91 bits per heavy atom. The van der Waals surface area contributed by atoms with E-state index in [-0.39, 0.29) is 5.91 Å². The van der Waals surface area contributed by atoms with Crippen LogP contribution in [0, 0.1) is 5.92 Å². The molecule has 3 heterocycles. The van der Waals surface area contributed by atoms with E-state index in [0.717, 1.165) is 41.4 Å². The number of carbonyl (C=O) groups is 1. The maximum atomic E-state index is 12.9. The molecule has 1 unspecified atom stereocenters. The second-order valence-electron chi connectivity index (χ2n) is 6.26. The number of thiazole rings is 1. The van der Waals surface area contributed by atoms with Crippen molar-refractivity contribution >= 4 is 22.2 Å². The van der Waals surface area contributed by atoms with E-state index in [2.05, 4.69) is 11.9 Å². The minimum absolute atomic E-state index is 0.125. The van der Waals surface area contributed by atoms with E-state index in [9.17, 15) is 4.79 Å². The van der Waals surface area contributed by atoms with Crippen molar-refractivity contribution in [2.24, 2.45) is 5.92 Å². The highest BCUT2D eigenvalue weighted by atomic mass is 32.1. The summed E-state index contributed by atoms with van der Waals surface area (Å²) in [6.45, 7) is 3.94. The van der Waals surface area contributed by atoms with Crippen LogP contribution >= 0.6 is 11.3 Å². The predicted molar refractivity (Wildman–Crippen MR) is 92.8 cm³/mol. The van der Waals surface area contributed by atoms with Gasteiger partial charge in [-0.05, 0) is 18.8 Å². The fourth-order valence-electron chi connectivity index (χ4n) is 3.22. The number of carbonyl (C=O) groups excluding carboxylic acids is 1. The van der Waals surface area contributed by atoms with Crippen molar-refractivity contribution in [1.29, 1.82) is 0 Å². The molecule has 1 aromatic carbocycles. The molecule has 1 fully saturated rings. The van der Waals surface area contributed by atoms with Gasteiger partial charge >= 0.3 is 0 Å². The normalized spacial score (nSPS) is 18.5. The smallest absolute Gasteiger partial charge is 0.271 e. The second kappa shape index (κ2) is 5.81. The molecule has 0 radical (unpaired) electrons.